The number of nitrogens with zero attached hydrogens (tertiary/aromatic N) is 2. The molecule has 0 atom stereocenters. The average Bonchev–Trinajstić information content (AvgIpc) is 3.04. The number of aromatic nitrogens is 1. The van der Waals surface area contributed by atoms with Crippen LogP contribution in [0.15, 0.2) is 12.1 Å². The minimum Gasteiger partial charge on any atom is -0.299 e. The highest BCUT2D eigenvalue weighted by Gasteiger charge is 2.23. The Hall–Kier alpha value is -0.310. The molecule has 1 fully saturated rings. The number of hydrogen-bond donors (Lipinski definition) is 0. The van der Waals surface area contributed by atoms with Crippen LogP contribution in [0.1, 0.15) is 25.3 Å². The average molecular weight is 259 g/mol. The van der Waals surface area contributed by atoms with Gasteiger partial charge in [-0.15, -0.1) is 0 Å². The Morgan fingerprint density at radius 2 is 2.12 bits per heavy atom. The SMILES string of the molecule is CCN(Cc1ccc(Cl)nc1Cl)CC1CC1. The first kappa shape index (κ1) is 12.2. The molecule has 1 aliphatic carbocycles. The quantitative estimate of drug-likeness (QED) is 0.751. The Morgan fingerprint density at radius 1 is 1.38 bits per heavy atom. The molecule has 88 valence electrons. The Kier molecular flexibility index (Phi) is 4.06. The lowest BCUT2D eigenvalue weighted by Crippen LogP contribution is -2.25. The summed E-state index contributed by atoms with van der Waals surface area (Å²) in [7, 11) is 0. The summed E-state index contributed by atoms with van der Waals surface area (Å²) in [5.74, 6) is 0.902. The molecule has 1 aliphatic rings. The highest BCUT2D eigenvalue weighted by Crippen LogP contribution is 2.30. The molecule has 4 heteroatoms. The van der Waals surface area contributed by atoms with Gasteiger partial charge in [0.1, 0.15) is 10.3 Å². The number of rotatable bonds is 5. The maximum atomic E-state index is 6.06. The first-order valence-electron chi connectivity index (χ1n) is 5.72. The van der Waals surface area contributed by atoms with E-state index in [0.29, 0.717) is 10.3 Å². The third-order valence-corrected chi connectivity index (χ3v) is 3.48. The molecule has 16 heavy (non-hydrogen) atoms. The van der Waals surface area contributed by atoms with Crippen molar-refractivity contribution in [3.05, 3.63) is 28.0 Å². The van der Waals surface area contributed by atoms with Gasteiger partial charge in [-0.05, 0) is 31.4 Å². The van der Waals surface area contributed by atoms with Crippen molar-refractivity contribution in [2.75, 3.05) is 13.1 Å². The molecule has 2 rings (SSSR count). The molecule has 1 saturated carbocycles. The first-order valence-corrected chi connectivity index (χ1v) is 6.48. The molecule has 0 spiro atoms. The fraction of sp³-hybridized carbons (Fsp3) is 0.583. The zero-order valence-corrected chi connectivity index (χ0v) is 10.9. The van der Waals surface area contributed by atoms with Gasteiger partial charge in [0.15, 0.2) is 0 Å². The van der Waals surface area contributed by atoms with Crippen molar-refractivity contribution in [2.45, 2.75) is 26.3 Å². The second-order valence-corrected chi connectivity index (χ2v) is 5.10. The van der Waals surface area contributed by atoms with Gasteiger partial charge in [0.2, 0.25) is 0 Å². The van der Waals surface area contributed by atoms with Crippen molar-refractivity contribution < 1.29 is 0 Å². The molecule has 1 aromatic heterocycles. The van der Waals surface area contributed by atoms with Gasteiger partial charge in [0, 0.05) is 18.7 Å². The number of hydrogen-bond acceptors (Lipinski definition) is 2. The summed E-state index contributed by atoms with van der Waals surface area (Å²) in [6.45, 7) is 5.28. The summed E-state index contributed by atoms with van der Waals surface area (Å²) >= 11 is 11.8. The van der Waals surface area contributed by atoms with E-state index in [0.717, 1.165) is 24.6 Å². The minimum atomic E-state index is 0.457. The van der Waals surface area contributed by atoms with Crippen LogP contribution in [0.5, 0.6) is 0 Å². The predicted molar refractivity (Wildman–Crippen MR) is 67.9 cm³/mol. The lowest BCUT2D eigenvalue weighted by atomic mass is 10.2. The van der Waals surface area contributed by atoms with Crippen LogP contribution in [0, 0.1) is 5.92 Å². The standard InChI is InChI=1S/C12H16Cl2N2/c1-2-16(7-9-3-4-9)8-10-5-6-11(13)15-12(10)14/h5-6,9H,2-4,7-8H2,1H3. The fourth-order valence-electron chi connectivity index (χ4n) is 1.77. The molecule has 0 radical (unpaired) electrons. The van der Waals surface area contributed by atoms with Gasteiger partial charge in [0.25, 0.3) is 0 Å². The topological polar surface area (TPSA) is 16.1 Å². The van der Waals surface area contributed by atoms with E-state index in [-0.39, 0.29) is 0 Å². The Bertz CT molecular complexity index is 364. The van der Waals surface area contributed by atoms with E-state index in [1.165, 1.54) is 19.4 Å². The molecule has 0 aromatic carbocycles. The van der Waals surface area contributed by atoms with Crippen LogP contribution >= 0.6 is 23.2 Å². The van der Waals surface area contributed by atoms with E-state index < -0.39 is 0 Å². The lowest BCUT2D eigenvalue weighted by Gasteiger charge is -2.20. The molecule has 2 nitrogen and oxygen atoms in total. The molecular formula is C12H16Cl2N2. The first-order chi connectivity index (χ1) is 7.69. The van der Waals surface area contributed by atoms with Gasteiger partial charge in [-0.1, -0.05) is 36.2 Å². The third kappa shape index (κ3) is 3.34. The van der Waals surface area contributed by atoms with Gasteiger partial charge >= 0.3 is 0 Å². The fourth-order valence-corrected chi connectivity index (χ4v) is 2.18. The summed E-state index contributed by atoms with van der Waals surface area (Å²) in [4.78, 5) is 6.47. The smallest absolute Gasteiger partial charge is 0.135 e. The van der Waals surface area contributed by atoms with Gasteiger partial charge < -0.3 is 0 Å². The van der Waals surface area contributed by atoms with Gasteiger partial charge in [-0.2, -0.15) is 0 Å². The zero-order chi connectivity index (χ0) is 11.5. The Labute approximate surface area is 107 Å². The minimum absolute atomic E-state index is 0.457. The summed E-state index contributed by atoms with van der Waals surface area (Å²) in [5.41, 5.74) is 1.06. The largest absolute Gasteiger partial charge is 0.299 e. The predicted octanol–water partition coefficient (Wildman–Crippen LogP) is 3.62. The number of pyridine rings is 1. The second-order valence-electron chi connectivity index (χ2n) is 4.36. The summed E-state index contributed by atoms with van der Waals surface area (Å²) in [6.07, 6.45) is 2.76. The third-order valence-electron chi connectivity index (χ3n) is 2.95. The number of halogens is 2. The molecule has 1 aromatic rings. The second kappa shape index (κ2) is 5.35. The van der Waals surface area contributed by atoms with Crippen LogP contribution in [0.3, 0.4) is 0 Å². The highest BCUT2D eigenvalue weighted by atomic mass is 35.5. The zero-order valence-electron chi connectivity index (χ0n) is 9.42. The van der Waals surface area contributed by atoms with Gasteiger partial charge in [0.05, 0.1) is 0 Å². The van der Waals surface area contributed by atoms with Crippen LogP contribution in [0.25, 0.3) is 0 Å². The maximum absolute atomic E-state index is 6.06. The molecule has 0 unspecified atom stereocenters. The van der Waals surface area contributed by atoms with Gasteiger partial charge in [-0.25, -0.2) is 4.98 Å². The molecule has 0 amide bonds. The van der Waals surface area contributed by atoms with Crippen LogP contribution in [-0.4, -0.2) is 23.0 Å². The van der Waals surface area contributed by atoms with E-state index >= 15 is 0 Å². The monoisotopic (exact) mass is 258 g/mol. The molecule has 0 saturated heterocycles. The maximum Gasteiger partial charge on any atom is 0.135 e. The van der Waals surface area contributed by atoms with E-state index in [1.807, 2.05) is 6.07 Å². The van der Waals surface area contributed by atoms with Crippen molar-refractivity contribution in [3.8, 4) is 0 Å². The summed E-state index contributed by atoms with van der Waals surface area (Å²) in [6, 6.07) is 3.76. The van der Waals surface area contributed by atoms with Crippen molar-refractivity contribution in [2.24, 2.45) is 5.92 Å². The van der Waals surface area contributed by atoms with Crippen LogP contribution < -0.4 is 0 Å². The van der Waals surface area contributed by atoms with Crippen molar-refractivity contribution in [1.29, 1.82) is 0 Å². The van der Waals surface area contributed by atoms with E-state index in [2.05, 4.69) is 16.8 Å². The summed E-state index contributed by atoms with van der Waals surface area (Å²) < 4.78 is 0. The van der Waals surface area contributed by atoms with Crippen LogP contribution in [0.2, 0.25) is 10.3 Å². The molecule has 1 heterocycles. The van der Waals surface area contributed by atoms with Crippen LogP contribution in [-0.2, 0) is 6.54 Å². The molecule has 0 bridgehead atoms. The summed E-state index contributed by atoms with van der Waals surface area (Å²) in [5, 5.41) is 0.987. The van der Waals surface area contributed by atoms with Crippen molar-refractivity contribution in [1.82, 2.24) is 9.88 Å². The van der Waals surface area contributed by atoms with E-state index in [1.54, 1.807) is 6.07 Å². The molecular weight excluding hydrogens is 243 g/mol. The van der Waals surface area contributed by atoms with Crippen LogP contribution in [0.4, 0.5) is 0 Å². The Balaban J connectivity index is 1.99. The highest BCUT2D eigenvalue weighted by molar-refractivity contribution is 6.32. The molecule has 0 N–H and O–H groups in total. The van der Waals surface area contributed by atoms with E-state index in [4.69, 9.17) is 23.2 Å². The van der Waals surface area contributed by atoms with Crippen molar-refractivity contribution in [3.63, 3.8) is 0 Å². The van der Waals surface area contributed by atoms with Gasteiger partial charge in [-0.3, -0.25) is 4.90 Å². The lowest BCUT2D eigenvalue weighted by molar-refractivity contribution is 0.268. The van der Waals surface area contributed by atoms with Crippen molar-refractivity contribution >= 4 is 23.2 Å². The van der Waals surface area contributed by atoms with E-state index in [9.17, 15) is 0 Å². The Morgan fingerprint density at radius 3 is 2.69 bits per heavy atom. The normalized spacial score (nSPS) is 15.8. The molecule has 0 aliphatic heterocycles.